The first-order valence-electron chi connectivity index (χ1n) is 18.0. The number of aromatic nitrogens is 2. The van der Waals surface area contributed by atoms with Gasteiger partial charge in [-0.2, -0.15) is 4.98 Å². The van der Waals surface area contributed by atoms with E-state index in [0.717, 1.165) is 41.1 Å². The molecule has 0 saturated carbocycles. The number of methoxy groups -OCH3 is 1. The number of likely N-dealkylation sites (tertiary alicyclic amines) is 1. The minimum absolute atomic E-state index is 0.0166. The third-order valence-electron chi connectivity index (χ3n) is 9.30. The molecule has 52 heavy (non-hydrogen) atoms. The lowest BCUT2D eigenvalue weighted by Gasteiger charge is -2.27. The Balaban J connectivity index is 1.20. The van der Waals surface area contributed by atoms with Crippen molar-refractivity contribution < 1.29 is 28.5 Å². The van der Waals surface area contributed by atoms with Crippen molar-refractivity contribution in [1.29, 1.82) is 0 Å². The van der Waals surface area contributed by atoms with Crippen molar-refractivity contribution in [3.05, 3.63) is 89.1 Å². The van der Waals surface area contributed by atoms with E-state index in [-0.39, 0.29) is 29.7 Å². The summed E-state index contributed by atoms with van der Waals surface area (Å²) in [6.45, 7) is 10.1. The summed E-state index contributed by atoms with van der Waals surface area (Å²) in [6, 6.07) is 18.7. The number of morpholine rings is 1. The molecule has 0 spiro atoms. The highest BCUT2D eigenvalue weighted by molar-refractivity contribution is 6.06. The Labute approximate surface area is 305 Å². The number of hydrogen-bond acceptors (Lipinski definition) is 10. The molecule has 1 aromatic heterocycles. The van der Waals surface area contributed by atoms with Crippen molar-refractivity contribution in [3.8, 4) is 23.1 Å². The molecule has 2 aliphatic heterocycles. The number of piperidine rings is 1. The number of carbonyl (C=O) groups is 2. The van der Waals surface area contributed by atoms with Crippen LogP contribution >= 0.6 is 0 Å². The van der Waals surface area contributed by atoms with Crippen LogP contribution < -0.4 is 24.8 Å². The molecule has 0 radical (unpaired) electrons. The molecule has 0 unspecified atom stereocenters. The van der Waals surface area contributed by atoms with Crippen molar-refractivity contribution in [2.45, 2.75) is 46.0 Å². The highest BCUT2D eigenvalue weighted by Crippen LogP contribution is 2.34. The number of para-hydroxylation sites is 1. The first-order valence-corrected chi connectivity index (χ1v) is 18.0. The summed E-state index contributed by atoms with van der Waals surface area (Å²) in [5.74, 6) is 1.31. The molecule has 12 nitrogen and oxygen atoms in total. The van der Waals surface area contributed by atoms with Gasteiger partial charge in [-0.05, 0) is 87.2 Å². The summed E-state index contributed by atoms with van der Waals surface area (Å²) in [4.78, 5) is 40.1. The van der Waals surface area contributed by atoms with Gasteiger partial charge in [0.25, 0.3) is 5.91 Å². The Morgan fingerprint density at radius 1 is 0.904 bits per heavy atom. The molecule has 2 aliphatic rings. The zero-order valence-corrected chi connectivity index (χ0v) is 30.3. The van der Waals surface area contributed by atoms with E-state index in [1.807, 2.05) is 62.4 Å². The molecule has 0 atom stereocenters. The van der Waals surface area contributed by atoms with Crippen LogP contribution in [-0.2, 0) is 16.0 Å². The van der Waals surface area contributed by atoms with E-state index in [4.69, 9.17) is 18.9 Å². The second-order valence-electron chi connectivity index (χ2n) is 13.1. The second kappa shape index (κ2) is 17.8. The summed E-state index contributed by atoms with van der Waals surface area (Å²) in [7, 11) is 1.53. The van der Waals surface area contributed by atoms with Crippen LogP contribution in [-0.4, -0.2) is 91.2 Å². The van der Waals surface area contributed by atoms with E-state index in [1.165, 1.54) is 45.7 Å². The van der Waals surface area contributed by atoms with Crippen LogP contribution in [0.5, 0.6) is 23.1 Å². The number of carbonyl (C=O) groups excluding carboxylic acids is 2. The molecule has 0 bridgehead atoms. The molecule has 2 amide bonds. The quantitative estimate of drug-likeness (QED) is 0.139. The number of amides is 2. The van der Waals surface area contributed by atoms with Gasteiger partial charge < -0.3 is 39.4 Å². The molecule has 0 aliphatic carbocycles. The molecular formula is C40H48N6O6. The molecule has 3 aromatic carbocycles. The van der Waals surface area contributed by atoms with E-state index in [0.29, 0.717) is 50.1 Å². The fraction of sp³-hybridized carbons (Fsp3) is 0.400. The molecule has 12 heteroatoms. The molecule has 4 aromatic rings. The molecule has 2 fully saturated rings. The van der Waals surface area contributed by atoms with Gasteiger partial charge in [0.2, 0.25) is 17.7 Å². The fourth-order valence-corrected chi connectivity index (χ4v) is 6.42. The maximum absolute atomic E-state index is 13.8. The van der Waals surface area contributed by atoms with Crippen molar-refractivity contribution in [2.75, 3.05) is 70.3 Å². The maximum atomic E-state index is 13.8. The van der Waals surface area contributed by atoms with Gasteiger partial charge in [-0.25, -0.2) is 4.98 Å². The van der Waals surface area contributed by atoms with E-state index >= 15 is 0 Å². The predicted octanol–water partition coefficient (Wildman–Crippen LogP) is 6.55. The molecule has 274 valence electrons. The summed E-state index contributed by atoms with van der Waals surface area (Å²) < 4.78 is 23.5. The minimum atomic E-state index is -0.425. The number of hydrogen-bond donors (Lipinski definition) is 2. The van der Waals surface area contributed by atoms with Gasteiger partial charge in [-0.15, -0.1) is 0 Å². The Kier molecular flexibility index (Phi) is 12.5. The summed E-state index contributed by atoms with van der Waals surface area (Å²) in [5, 5.41) is 6.24. The Morgan fingerprint density at radius 3 is 2.44 bits per heavy atom. The normalized spacial score (nSPS) is 14.8. The highest BCUT2D eigenvalue weighted by Gasteiger charge is 2.22. The number of anilines is 3. The zero-order chi connectivity index (χ0) is 36.3. The average Bonchev–Trinajstić information content (AvgIpc) is 3.16. The number of nitrogens with one attached hydrogen (secondary N) is 2. The van der Waals surface area contributed by atoms with E-state index in [9.17, 15) is 9.59 Å². The number of aryl methyl sites for hydroxylation is 2. The number of rotatable bonds is 14. The van der Waals surface area contributed by atoms with Gasteiger partial charge in [0.05, 0.1) is 33.4 Å². The third kappa shape index (κ3) is 9.77. The first kappa shape index (κ1) is 36.6. The Bertz CT molecular complexity index is 1820. The monoisotopic (exact) mass is 708 g/mol. The van der Waals surface area contributed by atoms with Crippen LogP contribution in [0.3, 0.4) is 0 Å². The molecular weight excluding hydrogens is 660 g/mol. The predicted molar refractivity (Wildman–Crippen MR) is 200 cm³/mol. The van der Waals surface area contributed by atoms with E-state index < -0.39 is 5.91 Å². The van der Waals surface area contributed by atoms with Gasteiger partial charge in [0, 0.05) is 43.3 Å². The standard InChI is InChI=1S/C40H48N6O6/c1-28-10-7-11-29(2)37(28)43-38(48)33-27-41-40(42-31-12-8-13-32(26-31)51-21-9-18-45-16-5-4-6-17-45)44-39(33)52-34-15-14-30(24-35(34)49-3)25-36(47)46-19-22-50-23-20-46/h7-8,10-15,24,26-27H,4-6,9,16-23,25H2,1-3H3,(H,43,48)(H,41,42,44). The van der Waals surface area contributed by atoms with Crippen molar-refractivity contribution in [2.24, 2.45) is 0 Å². The van der Waals surface area contributed by atoms with Gasteiger partial charge in [-0.3, -0.25) is 9.59 Å². The molecule has 6 rings (SSSR count). The lowest BCUT2D eigenvalue weighted by atomic mass is 10.1. The largest absolute Gasteiger partial charge is 0.493 e. The van der Waals surface area contributed by atoms with Crippen LogP contribution in [0.4, 0.5) is 17.3 Å². The van der Waals surface area contributed by atoms with Crippen LogP contribution in [0.15, 0.2) is 66.9 Å². The highest BCUT2D eigenvalue weighted by atomic mass is 16.5. The molecule has 2 saturated heterocycles. The second-order valence-corrected chi connectivity index (χ2v) is 13.1. The lowest BCUT2D eigenvalue weighted by molar-refractivity contribution is -0.134. The number of ether oxygens (including phenoxy) is 4. The maximum Gasteiger partial charge on any atom is 0.262 e. The van der Waals surface area contributed by atoms with Crippen molar-refractivity contribution >= 4 is 29.1 Å². The zero-order valence-electron chi connectivity index (χ0n) is 30.3. The Morgan fingerprint density at radius 2 is 1.67 bits per heavy atom. The van der Waals surface area contributed by atoms with Gasteiger partial charge in [-0.1, -0.05) is 36.8 Å². The average molecular weight is 709 g/mol. The van der Waals surface area contributed by atoms with Gasteiger partial charge in [0.15, 0.2) is 11.5 Å². The van der Waals surface area contributed by atoms with Crippen LogP contribution in [0, 0.1) is 13.8 Å². The van der Waals surface area contributed by atoms with Crippen LogP contribution in [0.1, 0.15) is 52.7 Å². The van der Waals surface area contributed by atoms with Gasteiger partial charge in [0.1, 0.15) is 11.3 Å². The number of nitrogens with zero attached hydrogens (tertiary/aromatic N) is 4. The molecule has 3 heterocycles. The first-order chi connectivity index (χ1) is 25.4. The van der Waals surface area contributed by atoms with Gasteiger partial charge >= 0.3 is 0 Å². The topological polar surface area (TPSA) is 127 Å². The smallest absolute Gasteiger partial charge is 0.262 e. The summed E-state index contributed by atoms with van der Waals surface area (Å²) in [5.41, 5.74) is 4.18. The third-order valence-corrected chi connectivity index (χ3v) is 9.30. The van der Waals surface area contributed by atoms with Crippen molar-refractivity contribution in [1.82, 2.24) is 19.8 Å². The van der Waals surface area contributed by atoms with Crippen LogP contribution in [0.2, 0.25) is 0 Å². The van der Waals surface area contributed by atoms with Crippen LogP contribution in [0.25, 0.3) is 0 Å². The lowest BCUT2D eigenvalue weighted by Crippen LogP contribution is -2.41. The summed E-state index contributed by atoms with van der Waals surface area (Å²) in [6.07, 6.45) is 6.49. The Hall–Kier alpha value is -5.20. The van der Waals surface area contributed by atoms with Crippen molar-refractivity contribution in [3.63, 3.8) is 0 Å². The summed E-state index contributed by atoms with van der Waals surface area (Å²) >= 11 is 0. The van der Waals surface area contributed by atoms with E-state index in [2.05, 4.69) is 25.5 Å². The van der Waals surface area contributed by atoms with E-state index in [1.54, 1.807) is 17.0 Å². The fourth-order valence-electron chi connectivity index (χ4n) is 6.42. The molecule has 2 N–H and O–H groups in total. The SMILES string of the molecule is COc1cc(CC(=O)N2CCOCC2)ccc1Oc1nc(Nc2cccc(OCCCN3CCCCC3)c2)ncc1C(=O)Nc1c(C)cccc1C. The minimum Gasteiger partial charge on any atom is -0.493 e. The number of benzene rings is 3.